The van der Waals surface area contributed by atoms with Gasteiger partial charge in [0.1, 0.15) is 6.10 Å². The van der Waals surface area contributed by atoms with Gasteiger partial charge in [0.15, 0.2) is 5.75 Å². The molecule has 3 rings (SSSR count). The van der Waals surface area contributed by atoms with Gasteiger partial charge in [0.05, 0.1) is 17.3 Å². The maximum atomic E-state index is 6.21. The number of anilines is 1. The predicted molar refractivity (Wildman–Crippen MR) is 84.2 cm³/mol. The summed E-state index contributed by atoms with van der Waals surface area (Å²) >= 11 is 12.2. The minimum atomic E-state index is -0.0419. The summed E-state index contributed by atoms with van der Waals surface area (Å²) < 4.78 is 6.06. The number of benzene rings is 2. The van der Waals surface area contributed by atoms with Crippen molar-refractivity contribution in [3.63, 3.8) is 0 Å². The Morgan fingerprint density at radius 3 is 2.45 bits per heavy atom. The van der Waals surface area contributed by atoms with Gasteiger partial charge in [-0.05, 0) is 31.5 Å². The number of nitrogens with one attached hydrogen (secondary N) is 1. The summed E-state index contributed by atoms with van der Waals surface area (Å²) in [6, 6.07) is 9.98. The van der Waals surface area contributed by atoms with Crippen molar-refractivity contribution in [2.24, 2.45) is 0 Å². The summed E-state index contributed by atoms with van der Waals surface area (Å²) in [7, 11) is 0. The van der Waals surface area contributed by atoms with E-state index in [1.807, 2.05) is 6.07 Å². The fourth-order valence-corrected chi connectivity index (χ4v) is 3.12. The van der Waals surface area contributed by atoms with Crippen LogP contribution in [0.2, 0.25) is 10.0 Å². The van der Waals surface area contributed by atoms with Crippen LogP contribution in [0.3, 0.4) is 0 Å². The number of hydrogen-bond acceptors (Lipinski definition) is 2. The quantitative estimate of drug-likeness (QED) is 0.786. The van der Waals surface area contributed by atoms with Gasteiger partial charge in [0.25, 0.3) is 0 Å². The Morgan fingerprint density at radius 2 is 1.75 bits per heavy atom. The van der Waals surface area contributed by atoms with Gasteiger partial charge in [-0.1, -0.05) is 52.5 Å². The van der Waals surface area contributed by atoms with Crippen LogP contribution in [0.4, 0.5) is 5.69 Å². The lowest BCUT2D eigenvalue weighted by atomic mass is 10.0. The zero-order valence-corrected chi connectivity index (χ0v) is 12.8. The first-order valence-electron chi connectivity index (χ1n) is 6.51. The molecule has 2 nitrogen and oxygen atoms in total. The lowest BCUT2D eigenvalue weighted by Crippen LogP contribution is -2.24. The topological polar surface area (TPSA) is 21.3 Å². The van der Waals surface area contributed by atoms with Gasteiger partial charge in [-0.15, -0.1) is 0 Å². The maximum absolute atomic E-state index is 6.21. The van der Waals surface area contributed by atoms with Gasteiger partial charge < -0.3 is 10.1 Å². The molecule has 1 unspecified atom stereocenters. The monoisotopic (exact) mass is 307 g/mol. The molecule has 1 heterocycles. The molecule has 1 aliphatic heterocycles. The molecule has 0 spiro atoms. The normalized spacial score (nSPS) is 17.1. The number of halogens is 2. The zero-order chi connectivity index (χ0) is 14.3. The molecule has 20 heavy (non-hydrogen) atoms. The van der Waals surface area contributed by atoms with Crippen molar-refractivity contribution in [3.8, 4) is 5.75 Å². The molecular formula is C16H15Cl2NO. The van der Waals surface area contributed by atoms with Crippen molar-refractivity contribution in [1.29, 1.82) is 0 Å². The fourth-order valence-electron chi connectivity index (χ4n) is 2.58. The second-order valence-electron chi connectivity index (χ2n) is 5.17. The Balaban J connectivity index is 1.96. The van der Waals surface area contributed by atoms with Gasteiger partial charge in [0.2, 0.25) is 0 Å². The highest BCUT2D eigenvalue weighted by Crippen LogP contribution is 2.41. The second-order valence-corrected chi connectivity index (χ2v) is 6.02. The molecule has 2 aromatic rings. The van der Waals surface area contributed by atoms with E-state index in [2.05, 4.69) is 37.4 Å². The maximum Gasteiger partial charge on any atom is 0.162 e. The molecule has 0 amide bonds. The van der Waals surface area contributed by atoms with Crippen LogP contribution < -0.4 is 10.1 Å². The third kappa shape index (κ3) is 2.58. The fraction of sp³-hybridized carbons (Fsp3) is 0.250. The van der Waals surface area contributed by atoms with Gasteiger partial charge >= 0.3 is 0 Å². The molecule has 1 aliphatic rings. The highest BCUT2D eigenvalue weighted by atomic mass is 35.5. The first-order valence-corrected chi connectivity index (χ1v) is 7.26. The zero-order valence-electron chi connectivity index (χ0n) is 11.3. The van der Waals surface area contributed by atoms with Crippen LogP contribution in [-0.4, -0.2) is 6.54 Å². The Hall–Kier alpha value is -1.38. The van der Waals surface area contributed by atoms with Crippen LogP contribution in [0.15, 0.2) is 30.3 Å². The molecule has 0 saturated carbocycles. The predicted octanol–water partition coefficient (Wildman–Crippen LogP) is 5.16. The molecule has 0 aromatic heterocycles. The number of hydrogen-bond donors (Lipinski definition) is 1. The summed E-state index contributed by atoms with van der Waals surface area (Å²) in [6.07, 6.45) is -0.0419. The molecule has 2 aromatic carbocycles. The smallest absolute Gasteiger partial charge is 0.162 e. The Bertz CT molecular complexity index is 650. The average molecular weight is 308 g/mol. The molecule has 104 valence electrons. The van der Waals surface area contributed by atoms with Crippen molar-refractivity contribution in [2.75, 3.05) is 11.9 Å². The molecule has 0 radical (unpaired) electrons. The lowest BCUT2D eigenvalue weighted by molar-refractivity contribution is 0.210. The summed E-state index contributed by atoms with van der Waals surface area (Å²) in [4.78, 5) is 0. The number of rotatable bonds is 1. The van der Waals surface area contributed by atoms with Crippen LogP contribution in [0.1, 0.15) is 22.8 Å². The Labute approximate surface area is 128 Å². The van der Waals surface area contributed by atoms with Crippen LogP contribution >= 0.6 is 23.2 Å². The Kier molecular flexibility index (Phi) is 3.53. The SMILES string of the molecule is Cc1cc(C)cc(C2CNc3cc(Cl)cc(Cl)c3O2)c1. The standard InChI is InChI=1S/C16H15Cl2NO/c1-9-3-10(2)5-11(4-9)15-8-19-14-7-12(17)6-13(18)16(14)20-15/h3-7,15,19H,8H2,1-2H3. The molecule has 0 fully saturated rings. The Morgan fingerprint density at radius 1 is 1.05 bits per heavy atom. The molecule has 1 N–H and O–H groups in total. The van der Waals surface area contributed by atoms with E-state index >= 15 is 0 Å². The van der Waals surface area contributed by atoms with Crippen molar-refractivity contribution < 1.29 is 4.74 Å². The van der Waals surface area contributed by atoms with Crippen molar-refractivity contribution in [2.45, 2.75) is 20.0 Å². The molecule has 1 atom stereocenters. The molecule has 0 bridgehead atoms. The van der Waals surface area contributed by atoms with Crippen LogP contribution in [-0.2, 0) is 0 Å². The third-order valence-corrected chi connectivity index (χ3v) is 3.86. The summed E-state index contributed by atoms with van der Waals surface area (Å²) in [5.41, 5.74) is 4.47. The van der Waals surface area contributed by atoms with E-state index in [1.165, 1.54) is 11.1 Å². The largest absolute Gasteiger partial charge is 0.480 e. The van der Waals surface area contributed by atoms with E-state index in [0.29, 0.717) is 22.3 Å². The third-order valence-electron chi connectivity index (χ3n) is 3.36. The first-order chi connectivity index (χ1) is 9.52. The van der Waals surface area contributed by atoms with Crippen molar-refractivity contribution in [1.82, 2.24) is 0 Å². The first kappa shape index (κ1) is 13.6. The lowest BCUT2D eigenvalue weighted by Gasteiger charge is -2.29. The van der Waals surface area contributed by atoms with Crippen LogP contribution in [0, 0.1) is 13.8 Å². The van der Waals surface area contributed by atoms with E-state index in [0.717, 1.165) is 11.3 Å². The van der Waals surface area contributed by atoms with Crippen LogP contribution in [0.25, 0.3) is 0 Å². The summed E-state index contributed by atoms with van der Waals surface area (Å²) in [5, 5.41) is 4.48. The number of fused-ring (bicyclic) bond motifs is 1. The van der Waals surface area contributed by atoms with E-state index in [-0.39, 0.29) is 6.10 Å². The number of ether oxygens (including phenoxy) is 1. The van der Waals surface area contributed by atoms with E-state index < -0.39 is 0 Å². The van der Waals surface area contributed by atoms with E-state index in [4.69, 9.17) is 27.9 Å². The minimum absolute atomic E-state index is 0.0419. The molecule has 0 saturated heterocycles. The van der Waals surface area contributed by atoms with Gasteiger partial charge in [-0.3, -0.25) is 0 Å². The summed E-state index contributed by atoms with van der Waals surface area (Å²) in [5.74, 6) is 0.673. The van der Waals surface area contributed by atoms with Gasteiger partial charge in [-0.25, -0.2) is 0 Å². The molecule has 0 aliphatic carbocycles. The summed E-state index contributed by atoms with van der Waals surface area (Å²) in [6.45, 7) is 4.88. The number of aryl methyl sites for hydroxylation is 2. The molecule has 4 heteroatoms. The second kappa shape index (κ2) is 5.19. The van der Waals surface area contributed by atoms with Crippen molar-refractivity contribution >= 4 is 28.9 Å². The van der Waals surface area contributed by atoms with Gasteiger partial charge in [0, 0.05) is 5.02 Å². The van der Waals surface area contributed by atoms with Gasteiger partial charge in [-0.2, -0.15) is 0 Å². The average Bonchev–Trinajstić information content (AvgIpc) is 2.37. The van der Waals surface area contributed by atoms with E-state index in [1.54, 1.807) is 6.07 Å². The van der Waals surface area contributed by atoms with Crippen LogP contribution in [0.5, 0.6) is 5.75 Å². The highest BCUT2D eigenvalue weighted by Gasteiger charge is 2.23. The van der Waals surface area contributed by atoms with E-state index in [9.17, 15) is 0 Å². The minimum Gasteiger partial charge on any atom is -0.480 e. The van der Waals surface area contributed by atoms with Crippen molar-refractivity contribution in [3.05, 3.63) is 57.1 Å². The molecular weight excluding hydrogens is 293 g/mol. The highest BCUT2D eigenvalue weighted by molar-refractivity contribution is 6.36.